The second-order valence-electron chi connectivity index (χ2n) is 3.29. The van der Waals surface area contributed by atoms with Crippen LogP contribution in [0, 0.1) is 0 Å². The van der Waals surface area contributed by atoms with Crippen molar-refractivity contribution in [2.45, 2.75) is 0 Å². The summed E-state index contributed by atoms with van der Waals surface area (Å²) in [7, 11) is 0. The Morgan fingerprint density at radius 1 is 1.29 bits per heavy atom. The summed E-state index contributed by atoms with van der Waals surface area (Å²) in [6, 6.07) is 9.92. The highest BCUT2D eigenvalue weighted by atomic mass is 32.2. The monoisotopic (exact) mass is 248 g/mol. The van der Waals surface area contributed by atoms with Crippen molar-refractivity contribution in [1.82, 2.24) is 0 Å². The normalized spacial score (nSPS) is 11.1. The van der Waals surface area contributed by atoms with Gasteiger partial charge in [0.25, 0.3) is 0 Å². The molecule has 0 saturated carbocycles. The molecule has 0 atom stereocenters. The van der Waals surface area contributed by atoms with Gasteiger partial charge in [-0.2, -0.15) is 11.8 Å². The van der Waals surface area contributed by atoms with Crippen molar-refractivity contribution in [1.29, 1.82) is 0 Å². The number of benzene rings is 1. The molecule has 0 aliphatic carbocycles. The van der Waals surface area contributed by atoms with E-state index in [4.69, 9.17) is 4.74 Å². The molecule has 0 N–H and O–H groups in total. The van der Waals surface area contributed by atoms with Crippen LogP contribution >= 0.6 is 11.8 Å². The summed E-state index contributed by atoms with van der Waals surface area (Å²) < 4.78 is 4.95. The first-order chi connectivity index (χ1) is 8.33. The highest BCUT2D eigenvalue weighted by molar-refractivity contribution is 7.98. The summed E-state index contributed by atoms with van der Waals surface area (Å²) in [4.78, 5) is 11.2. The first-order valence-electron chi connectivity index (χ1n) is 5.38. The number of carbonyl (C=O) groups excluding carboxylic acids is 1. The third-order valence-electron chi connectivity index (χ3n) is 1.96. The van der Waals surface area contributed by atoms with Gasteiger partial charge in [0.2, 0.25) is 0 Å². The minimum absolute atomic E-state index is 0.295. The molecule has 0 fully saturated rings. The molecule has 0 aromatic heterocycles. The van der Waals surface area contributed by atoms with Gasteiger partial charge in [-0.05, 0) is 11.8 Å². The van der Waals surface area contributed by atoms with Gasteiger partial charge in [-0.3, -0.25) is 0 Å². The van der Waals surface area contributed by atoms with Crippen LogP contribution < -0.4 is 0 Å². The van der Waals surface area contributed by atoms with Crippen molar-refractivity contribution in [3.63, 3.8) is 0 Å². The summed E-state index contributed by atoms with van der Waals surface area (Å²) >= 11 is 1.65. The fourth-order valence-corrected chi connectivity index (χ4v) is 1.39. The van der Waals surface area contributed by atoms with Gasteiger partial charge in [-0.15, -0.1) is 0 Å². The number of esters is 1. The van der Waals surface area contributed by atoms with E-state index in [2.05, 4.69) is 0 Å². The SMILES string of the molecule is CSCCOC(=O)/C=C/C=C/c1ccccc1. The highest BCUT2D eigenvalue weighted by Crippen LogP contribution is 2.00. The van der Waals surface area contributed by atoms with E-state index in [1.807, 2.05) is 48.7 Å². The van der Waals surface area contributed by atoms with Crippen LogP contribution in [0.1, 0.15) is 5.56 Å². The summed E-state index contributed by atoms with van der Waals surface area (Å²) in [5, 5.41) is 0. The molecule has 0 aliphatic heterocycles. The molecule has 1 aromatic rings. The van der Waals surface area contributed by atoms with Crippen LogP contribution in [0.2, 0.25) is 0 Å². The fourth-order valence-electron chi connectivity index (χ4n) is 1.14. The fraction of sp³-hybridized carbons (Fsp3) is 0.214. The van der Waals surface area contributed by atoms with E-state index in [-0.39, 0.29) is 5.97 Å². The molecule has 0 unspecified atom stereocenters. The number of hydrogen-bond acceptors (Lipinski definition) is 3. The van der Waals surface area contributed by atoms with Crippen LogP contribution in [-0.4, -0.2) is 24.6 Å². The van der Waals surface area contributed by atoms with Crippen molar-refractivity contribution in [2.75, 3.05) is 18.6 Å². The molecule has 0 bridgehead atoms. The molecule has 0 heterocycles. The lowest BCUT2D eigenvalue weighted by Crippen LogP contribution is -2.03. The lowest BCUT2D eigenvalue weighted by atomic mass is 10.2. The Morgan fingerprint density at radius 3 is 2.76 bits per heavy atom. The van der Waals surface area contributed by atoms with Crippen molar-refractivity contribution >= 4 is 23.8 Å². The van der Waals surface area contributed by atoms with Crippen LogP contribution in [0.15, 0.2) is 48.6 Å². The summed E-state index contributed by atoms with van der Waals surface area (Å²) in [5.74, 6) is 0.538. The largest absolute Gasteiger partial charge is 0.462 e. The third-order valence-corrected chi connectivity index (χ3v) is 2.54. The standard InChI is InChI=1S/C14H16O2S/c1-17-12-11-16-14(15)10-6-5-9-13-7-3-2-4-8-13/h2-10H,11-12H2,1H3/b9-5+,10-6+. The Hall–Kier alpha value is -1.48. The molecular weight excluding hydrogens is 232 g/mol. The zero-order valence-corrected chi connectivity index (χ0v) is 10.7. The molecule has 0 spiro atoms. The van der Waals surface area contributed by atoms with Crippen LogP contribution in [0.4, 0.5) is 0 Å². The lowest BCUT2D eigenvalue weighted by Gasteiger charge is -1.97. The van der Waals surface area contributed by atoms with Crippen LogP contribution in [-0.2, 0) is 9.53 Å². The maximum atomic E-state index is 11.2. The highest BCUT2D eigenvalue weighted by Gasteiger charge is 1.93. The zero-order chi connectivity index (χ0) is 12.3. The smallest absolute Gasteiger partial charge is 0.330 e. The van der Waals surface area contributed by atoms with Gasteiger partial charge in [-0.25, -0.2) is 4.79 Å². The van der Waals surface area contributed by atoms with Gasteiger partial charge >= 0.3 is 5.97 Å². The van der Waals surface area contributed by atoms with E-state index in [1.165, 1.54) is 6.08 Å². The Bertz CT molecular complexity index is 382. The molecule has 0 radical (unpaired) electrons. The lowest BCUT2D eigenvalue weighted by molar-refractivity contribution is -0.137. The minimum atomic E-state index is -0.295. The first-order valence-corrected chi connectivity index (χ1v) is 6.78. The van der Waals surface area contributed by atoms with Gasteiger partial charge in [0.05, 0.1) is 0 Å². The van der Waals surface area contributed by atoms with Crippen LogP contribution in [0.5, 0.6) is 0 Å². The quantitative estimate of drug-likeness (QED) is 0.335. The first kappa shape index (κ1) is 13.6. The Balaban J connectivity index is 2.30. The molecule has 2 nitrogen and oxygen atoms in total. The van der Waals surface area contributed by atoms with Gasteiger partial charge in [0.15, 0.2) is 0 Å². The van der Waals surface area contributed by atoms with Gasteiger partial charge in [0.1, 0.15) is 6.61 Å². The van der Waals surface area contributed by atoms with Crippen LogP contribution in [0.3, 0.4) is 0 Å². The van der Waals surface area contributed by atoms with E-state index in [1.54, 1.807) is 17.8 Å². The third kappa shape index (κ3) is 6.64. The van der Waals surface area contributed by atoms with Gasteiger partial charge in [-0.1, -0.05) is 48.6 Å². The Kier molecular flexibility index (Phi) is 6.91. The maximum Gasteiger partial charge on any atom is 0.330 e. The molecule has 17 heavy (non-hydrogen) atoms. The van der Waals surface area contributed by atoms with E-state index in [0.29, 0.717) is 6.61 Å². The van der Waals surface area contributed by atoms with Crippen molar-refractivity contribution in [3.8, 4) is 0 Å². The second kappa shape index (κ2) is 8.65. The molecule has 0 amide bonds. The van der Waals surface area contributed by atoms with E-state index >= 15 is 0 Å². The topological polar surface area (TPSA) is 26.3 Å². The number of ether oxygens (including phenoxy) is 1. The van der Waals surface area contributed by atoms with Crippen molar-refractivity contribution < 1.29 is 9.53 Å². The zero-order valence-electron chi connectivity index (χ0n) is 9.84. The molecule has 0 aliphatic rings. The van der Waals surface area contributed by atoms with E-state index < -0.39 is 0 Å². The Labute approximate surface area is 106 Å². The minimum Gasteiger partial charge on any atom is -0.462 e. The van der Waals surface area contributed by atoms with Gasteiger partial charge in [0, 0.05) is 11.8 Å². The van der Waals surface area contributed by atoms with E-state index in [9.17, 15) is 4.79 Å². The average Bonchev–Trinajstić information content (AvgIpc) is 2.36. The predicted octanol–water partition coefficient (Wildman–Crippen LogP) is 3.16. The number of rotatable bonds is 6. The summed E-state index contributed by atoms with van der Waals surface area (Å²) in [6.45, 7) is 0.465. The van der Waals surface area contributed by atoms with Crippen molar-refractivity contribution in [2.24, 2.45) is 0 Å². The number of allylic oxidation sites excluding steroid dienone is 2. The number of thioether (sulfide) groups is 1. The predicted molar refractivity (Wildman–Crippen MR) is 74.0 cm³/mol. The average molecular weight is 248 g/mol. The number of hydrogen-bond donors (Lipinski definition) is 0. The maximum absolute atomic E-state index is 11.2. The molecule has 90 valence electrons. The van der Waals surface area contributed by atoms with E-state index in [0.717, 1.165) is 11.3 Å². The molecule has 1 aromatic carbocycles. The molecular formula is C14H16O2S. The summed E-state index contributed by atoms with van der Waals surface area (Å²) in [5.41, 5.74) is 1.10. The molecule has 0 saturated heterocycles. The Morgan fingerprint density at radius 2 is 2.06 bits per heavy atom. The number of carbonyl (C=O) groups is 1. The summed E-state index contributed by atoms with van der Waals surface area (Å²) in [6.07, 6.45) is 8.86. The molecule has 3 heteroatoms. The second-order valence-corrected chi connectivity index (χ2v) is 4.27. The van der Waals surface area contributed by atoms with Crippen LogP contribution in [0.25, 0.3) is 6.08 Å². The van der Waals surface area contributed by atoms with Gasteiger partial charge < -0.3 is 4.74 Å². The molecule has 1 rings (SSSR count). The van der Waals surface area contributed by atoms with Crippen molar-refractivity contribution in [3.05, 3.63) is 54.1 Å².